The third-order valence-electron chi connectivity index (χ3n) is 11.9. The first kappa shape index (κ1) is 42.1. The highest BCUT2D eigenvalue weighted by molar-refractivity contribution is 6.12. The number of unbranched alkanes of at least 4 members (excludes halogenated alkanes) is 17. The standard InChI is InChI=1S/C45H73NO4/c1-3-5-7-9-13-19-25-38-35-40(27-21-16-11-17-23-33-46-44(49)31-32-45(46)50)39(34-37(38)24-18-12-8-6-4-2)26-20-14-10-15-22-28-41-36-42(47)29-30-43(41)48/h29-32,39-41H,3-28,33-36H2,1-2H3. The van der Waals surface area contributed by atoms with Gasteiger partial charge in [-0.15, -0.1) is 0 Å². The number of nitrogens with zero attached hydrogens (tertiary/aromatic N) is 1. The molecule has 3 aliphatic rings. The molecule has 5 nitrogen and oxygen atoms in total. The van der Waals surface area contributed by atoms with Crippen LogP contribution in [0, 0.1) is 17.8 Å². The molecule has 0 fully saturated rings. The van der Waals surface area contributed by atoms with Crippen LogP contribution in [-0.2, 0) is 19.2 Å². The van der Waals surface area contributed by atoms with Gasteiger partial charge in [0.1, 0.15) is 0 Å². The molecule has 0 aromatic carbocycles. The number of hydrogen-bond acceptors (Lipinski definition) is 4. The zero-order chi connectivity index (χ0) is 35.8. The van der Waals surface area contributed by atoms with E-state index in [2.05, 4.69) is 13.8 Å². The summed E-state index contributed by atoms with van der Waals surface area (Å²) in [5, 5.41) is 0. The minimum atomic E-state index is -0.158. The average molecular weight is 692 g/mol. The van der Waals surface area contributed by atoms with Crippen LogP contribution in [-0.4, -0.2) is 34.8 Å². The molecule has 0 aromatic rings. The molecule has 0 saturated carbocycles. The predicted octanol–water partition coefficient (Wildman–Crippen LogP) is 12.1. The van der Waals surface area contributed by atoms with Crippen LogP contribution in [0.2, 0.25) is 0 Å². The fraction of sp³-hybridized carbons (Fsp3) is 0.778. The molecule has 2 aliphatic carbocycles. The number of rotatable bonds is 29. The van der Waals surface area contributed by atoms with Crippen LogP contribution >= 0.6 is 0 Å². The molecule has 0 bridgehead atoms. The summed E-state index contributed by atoms with van der Waals surface area (Å²) in [6.07, 6.45) is 41.7. The van der Waals surface area contributed by atoms with Gasteiger partial charge < -0.3 is 0 Å². The van der Waals surface area contributed by atoms with Gasteiger partial charge in [-0.25, -0.2) is 0 Å². The maximum Gasteiger partial charge on any atom is 0.253 e. The molecule has 50 heavy (non-hydrogen) atoms. The van der Waals surface area contributed by atoms with E-state index in [1.54, 1.807) is 0 Å². The Hall–Kier alpha value is -2.30. The Morgan fingerprint density at radius 1 is 0.480 bits per heavy atom. The predicted molar refractivity (Wildman–Crippen MR) is 208 cm³/mol. The molecular weight excluding hydrogens is 618 g/mol. The minimum Gasteiger partial charge on any atom is -0.295 e. The number of imide groups is 1. The van der Waals surface area contributed by atoms with Gasteiger partial charge in [-0.2, -0.15) is 0 Å². The van der Waals surface area contributed by atoms with Gasteiger partial charge in [0.2, 0.25) is 0 Å². The Balaban J connectivity index is 1.49. The second-order valence-electron chi connectivity index (χ2n) is 16.0. The Morgan fingerprint density at radius 3 is 1.44 bits per heavy atom. The van der Waals surface area contributed by atoms with E-state index in [1.807, 2.05) is 11.1 Å². The van der Waals surface area contributed by atoms with Crippen molar-refractivity contribution in [3.05, 3.63) is 35.5 Å². The lowest BCUT2D eigenvalue weighted by atomic mass is 9.70. The van der Waals surface area contributed by atoms with Gasteiger partial charge in [-0.1, -0.05) is 141 Å². The van der Waals surface area contributed by atoms with Crippen LogP contribution in [0.5, 0.6) is 0 Å². The van der Waals surface area contributed by atoms with E-state index >= 15 is 0 Å². The molecule has 3 unspecified atom stereocenters. The van der Waals surface area contributed by atoms with E-state index < -0.39 is 0 Å². The van der Waals surface area contributed by atoms with E-state index in [0.29, 0.717) is 13.0 Å². The van der Waals surface area contributed by atoms with Crippen molar-refractivity contribution in [3.8, 4) is 0 Å². The molecule has 0 spiro atoms. The van der Waals surface area contributed by atoms with Crippen LogP contribution in [0.15, 0.2) is 35.5 Å². The molecule has 0 aromatic heterocycles. The van der Waals surface area contributed by atoms with Crippen LogP contribution in [0.1, 0.15) is 200 Å². The highest BCUT2D eigenvalue weighted by atomic mass is 16.2. The minimum absolute atomic E-state index is 0.0796. The molecule has 5 heteroatoms. The fourth-order valence-electron chi connectivity index (χ4n) is 8.70. The highest BCUT2D eigenvalue weighted by Crippen LogP contribution is 2.43. The van der Waals surface area contributed by atoms with Gasteiger partial charge in [-0.3, -0.25) is 24.1 Å². The number of carbonyl (C=O) groups excluding carboxylic acids is 4. The van der Waals surface area contributed by atoms with Crippen LogP contribution < -0.4 is 0 Å². The maximum absolute atomic E-state index is 12.1. The monoisotopic (exact) mass is 692 g/mol. The van der Waals surface area contributed by atoms with Crippen LogP contribution in [0.4, 0.5) is 0 Å². The molecule has 3 rings (SSSR count). The van der Waals surface area contributed by atoms with Crippen molar-refractivity contribution in [2.45, 2.75) is 200 Å². The van der Waals surface area contributed by atoms with E-state index in [-0.39, 0.29) is 29.3 Å². The summed E-state index contributed by atoms with van der Waals surface area (Å²) in [4.78, 5) is 48.9. The second kappa shape index (κ2) is 25.6. The van der Waals surface area contributed by atoms with Crippen molar-refractivity contribution in [2.24, 2.45) is 17.8 Å². The van der Waals surface area contributed by atoms with E-state index in [4.69, 9.17) is 0 Å². The number of hydrogen-bond donors (Lipinski definition) is 0. The van der Waals surface area contributed by atoms with Gasteiger partial charge in [0, 0.05) is 31.0 Å². The topological polar surface area (TPSA) is 71.5 Å². The molecular formula is C45H73NO4. The molecule has 282 valence electrons. The van der Waals surface area contributed by atoms with Gasteiger partial charge >= 0.3 is 0 Å². The first-order chi connectivity index (χ1) is 24.4. The van der Waals surface area contributed by atoms with Crippen LogP contribution in [0.25, 0.3) is 0 Å². The molecule has 1 aliphatic heterocycles. The van der Waals surface area contributed by atoms with Gasteiger partial charge in [0.25, 0.3) is 11.8 Å². The lowest BCUT2D eigenvalue weighted by Gasteiger charge is -2.36. The van der Waals surface area contributed by atoms with E-state index in [9.17, 15) is 19.2 Å². The quantitative estimate of drug-likeness (QED) is 0.0445. The SMILES string of the molecule is CCCCCCCCC1=C(CCCCCCC)CC(CCCCCCCC2CC(=O)C=CC2=O)C(CCCCCCCN2C(=O)C=CC2=O)C1. The molecule has 0 N–H and O–H groups in total. The molecule has 2 amide bonds. The normalized spacial score (nSPS) is 21.0. The van der Waals surface area contributed by atoms with Crippen molar-refractivity contribution < 1.29 is 19.2 Å². The lowest BCUT2D eigenvalue weighted by molar-refractivity contribution is -0.136. The zero-order valence-electron chi connectivity index (χ0n) is 32.3. The van der Waals surface area contributed by atoms with Crippen molar-refractivity contribution in [1.82, 2.24) is 4.90 Å². The smallest absolute Gasteiger partial charge is 0.253 e. The van der Waals surface area contributed by atoms with E-state index in [1.165, 1.54) is 177 Å². The summed E-state index contributed by atoms with van der Waals surface area (Å²) in [6.45, 7) is 5.16. The third kappa shape index (κ3) is 16.4. The number of carbonyl (C=O) groups is 4. The Labute approximate surface area is 306 Å². The summed E-state index contributed by atoms with van der Waals surface area (Å²) >= 11 is 0. The van der Waals surface area contributed by atoms with E-state index in [0.717, 1.165) is 43.9 Å². The van der Waals surface area contributed by atoms with Gasteiger partial charge in [0.05, 0.1) is 0 Å². The second-order valence-corrected chi connectivity index (χ2v) is 16.0. The largest absolute Gasteiger partial charge is 0.295 e. The molecule has 0 saturated heterocycles. The summed E-state index contributed by atoms with van der Waals surface area (Å²) < 4.78 is 0. The molecule has 3 atom stereocenters. The Bertz CT molecular complexity index is 1100. The first-order valence-electron chi connectivity index (χ1n) is 21.4. The maximum atomic E-state index is 12.1. The summed E-state index contributed by atoms with van der Waals surface area (Å²) in [7, 11) is 0. The van der Waals surface area contributed by atoms with Crippen molar-refractivity contribution in [3.63, 3.8) is 0 Å². The van der Waals surface area contributed by atoms with Gasteiger partial charge in [0.15, 0.2) is 11.6 Å². The summed E-state index contributed by atoms with van der Waals surface area (Å²) in [5.41, 5.74) is 3.69. The fourth-order valence-corrected chi connectivity index (χ4v) is 8.70. The number of ketones is 2. The third-order valence-corrected chi connectivity index (χ3v) is 11.9. The first-order valence-corrected chi connectivity index (χ1v) is 21.4. The highest BCUT2D eigenvalue weighted by Gasteiger charge is 2.29. The van der Waals surface area contributed by atoms with Crippen molar-refractivity contribution >= 4 is 23.4 Å². The van der Waals surface area contributed by atoms with Crippen molar-refractivity contribution in [1.29, 1.82) is 0 Å². The Morgan fingerprint density at radius 2 is 0.920 bits per heavy atom. The average Bonchev–Trinajstić information content (AvgIpc) is 3.43. The summed E-state index contributed by atoms with van der Waals surface area (Å²) in [5.74, 6) is 1.47. The molecule has 0 radical (unpaired) electrons. The molecule has 1 heterocycles. The zero-order valence-corrected chi connectivity index (χ0v) is 32.3. The number of amides is 2. The summed E-state index contributed by atoms with van der Waals surface area (Å²) in [6, 6.07) is 0. The van der Waals surface area contributed by atoms with Crippen LogP contribution in [0.3, 0.4) is 0 Å². The lowest BCUT2D eigenvalue weighted by Crippen LogP contribution is -2.30. The number of allylic oxidation sites excluding steroid dienone is 4. The van der Waals surface area contributed by atoms with Gasteiger partial charge in [-0.05, 0) is 88.2 Å². The Kier molecular flexibility index (Phi) is 21.6. The van der Waals surface area contributed by atoms with Crippen molar-refractivity contribution in [2.75, 3.05) is 6.54 Å².